The summed E-state index contributed by atoms with van der Waals surface area (Å²) in [7, 11) is 0. The molecule has 0 spiro atoms. The summed E-state index contributed by atoms with van der Waals surface area (Å²) in [5.74, 6) is 5.02. The third kappa shape index (κ3) is 1.83. The summed E-state index contributed by atoms with van der Waals surface area (Å²) < 4.78 is 0. The Morgan fingerprint density at radius 3 is 2.83 bits per heavy atom. The molecule has 0 bridgehead atoms. The van der Waals surface area contributed by atoms with Gasteiger partial charge in [0, 0.05) is 11.8 Å². The van der Waals surface area contributed by atoms with E-state index in [2.05, 4.69) is 25.5 Å². The largest absolute Gasteiger partial charge is 0.388 e. The highest BCUT2D eigenvalue weighted by Crippen LogP contribution is 2.64. The van der Waals surface area contributed by atoms with Gasteiger partial charge in [-0.15, -0.1) is 6.42 Å². The van der Waals surface area contributed by atoms with Gasteiger partial charge in [0.1, 0.15) is 5.78 Å². The van der Waals surface area contributed by atoms with E-state index >= 15 is 0 Å². The van der Waals surface area contributed by atoms with Crippen molar-refractivity contribution in [3.63, 3.8) is 0 Å². The molecule has 3 saturated carbocycles. The van der Waals surface area contributed by atoms with Crippen LogP contribution < -0.4 is 0 Å². The first kappa shape index (κ1) is 15.2. The second-order valence-electron chi connectivity index (χ2n) is 8.41. The van der Waals surface area contributed by atoms with Crippen molar-refractivity contribution in [2.24, 2.45) is 28.6 Å². The molecule has 4 rings (SSSR count). The second kappa shape index (κ2) is 4.84. The predicted octanol–water partition coefficient (Wildman–Crippen LogP) is 3.66. The molecule has 3 fully saturated rings. The average molecular weight is 310 g/mol. The van der Waals surface area contributed by atoms with Crippen molar-refractivity contribution in [1.82, 2.24) is 0 Å². The summed E-state index contributed by atoms with van der Waals surface area (Å²) in [5.41, 5.74) is 1.69. The minimum absolute atomic E-state index is 0.116. The quantitative estimate of drug-likeness (QED) is 0.693. The van der Waals surface area contributed by atoms with Gasteiger partial charge < -0.3 is 5.11 Å². The van der Waals surface area contributed by atoms with Crippen LogP contribution in [0.4, 0.5) is 0 Å². The lowest BCUT2D eigenvalue weighted by atomic mass is 9.47. The van der Waals surface area contributed by atoms with Crippen LogP contribution in [0.5, 0.6) is 0 Å². The summed E-state index contributed by atoms with van der Waals surface area (Å²) in [6.45, 7) is 6.18. The Balaban J connectivity index is 1.76. The van der Waals surface area contributed by atoms with Crippen LogP contribution in [0.1, 0.15) is 51.9 Å². The molecule has 4 aliphatic rings. The molecule has 122 valence electrons. The molecule has 0 aromatic rings. The minimum Gasteiger partial charge on any atom is -0.388 e. The number of rotatable bonds is 0. The lowest BCUT2D eigenvalue weighted by molar-refractivity contribution is -0.132. The fourth-order valence-corrected chi connectivity index (χ4v) is 6.35. The van der Waals surface area contributed by atoms with Gasteiger partial charge in [-0.25, -0.2) is 0 Å². The molecule has 0 aromatic heterocycles. The van der Waals surface area contributed by atoms with Crippen molar-refractivity contribution < 1.29 is 9.90 Å². The second-order valence-corrected chi connectivity index (χ2v) is 8.41. The van der Waals surface area contributed by atoms with Crippen molar-refractivity contribution >= 4 is 5.78 Å². The molecule has 6 atom stereocenters. The minimum atomic E-state index is -0.521. The molecule has 0 amide bonds. The number of terminal acetylenes is 1. The van der Waals surface area contributed by atoms with E-state index in [1.54, 1.807) is 0 Å². The first-order valence-electron chi connectivity index (χ1n) is 9.01. The third-order valence-corrected chi connectivity index (χ3v) is 7.66. The van der Waals surface area contributed by atoms with E-state index in [1.165, 1.54) is 5.57 Å². The van der Waals surface area contributed by atoms with Crippen molar-refractivity contribution in [1.29, 1.82) is 0 Å². The Bertz CT molecular complexity index is 651. The molecule has 0 unspecified atom stereocenters. The number of Topliss-reactive ketones (excluding diaryl/α,β-unsaturated/α-hetero) is 1. The number of aliphatic hydroxyl groups is 1. The van der Waals surface area contributed by atoms with Gasteiger partial charge in [0.05, 0.1) is 11.5 Å². The van der Waals surface area contributed by atoms with Gasteiger partial charge in [0.15, 0.2) is 0 Å². The zero-order valence-electron chi connectivity index (χ0n) is 14.0. The van der Waals surface area contributed by atoms with E-state index in [4.69, 9.17) is 6.42 Å². The Morgan fingerprint density at radius 1 is 1.30 bits per heavy atom. The summed E-state index contributed by atoms with van der Waals surface area (Å²) >= 11 is 0. The topological polar surface area (TPSA) is 37.3 Å². The standard InChI is InChI=1S/C21H26O2/c1-4-21-12-18(22)13(2)11-14(21)5-6-15-16-7-8-19(23)20(16,3)10-9-17(15)21/h1,11,15-18,22H,2,5-10,12H2,3H3/t15-,16-,17-,18-,20-,21-/m0/s1. The number of ketones is 1. The van der Waals surface area contributed by atoms with Crippen LogP contribution >= 0.6 is 0 Å². The van der Waals surface area contributed by atoms with E-state index in [0.29, 0.717) is 30.0 Å². The first-order valence-corrected chi connectivity index (χ1v) is 9.01. The number of carbonyl (C=O) groups excluding carboxylic acids is 1. The SMILES string of the molecule is C#C[C@]12C[C@H](O)C(=C)C=C1CC[C@@H]1[C@@H]2CC[C@]2(C)C(=O)CC[C@@H]12. The fourth-order valence-electron chi connectivity index (χ4n) is 6.35. The smallest absolute Gasteiger partial charge is 0.139 e. The molecule has 0 aliphatic heterocycles. The maximum absolute atomic E-state index is 12.4. The summed E-state index contributed by atoms with van der Waals surface area (Å²) in [6.07, 6.45) is 14.1. The molecular weight excluding hydrogens is 284 g/mol. The fraction of sp³-hybridized carbons (Fsp3) is 0.667. The van der Waals surface area contributed by atoms with Crippen molar-refractivity contribution in [3.05, 3.63) is 23.8 Å². The van der Waals surface area contributed by atoms with Crippen LogP contribution in [0.25, 0.3) is 0 Å². The molecule has 0 heterocycles. The zero-order valence-corrected chi connectivity index (χ0v) is 14.0. The first-order chi connectivity index (χ1) is 10.9. The Hall–Kier alpha value is -1.33. The van der Waals surface area contributed by atoms with Crippen LogP contribution in [0.3, 0.4) is 0 Å². The molecule has 0 saturated heterocycles. The van der Waals surface area contributed by atoms with Crippen LogP contribution in [-0.2, 0) is 4.79 Å². The van der Waals surface area contributed by atoms with E-state index in [-0.39, 0.29) is 10.8 Å². The number of hydrogen-bond donors (Lipinski definition) is 1. The average Bonchev–Trinajstić information content (AvgIpc) is 2.84. The highest BCUT2D eigenvalue weighted by Gasteiger charge is 2.60. The molecule has 0 aromatic carbocycles. The van der Waals surface area contributed by atoms with Gasteiger partial charge in [0.25, 0.3) is 0 Å². The maximum Gasteiger partial charge on any atom is 0.139 e. The molecule has 4 aliphatic carbocycles. The van der Waals surface area contributed by atoms with Gasteiger partial charge in [-0.1, -0.05) is 31.1 Å². The molecule has 2 nitrogen and oxygen atoms in total. The van der Waals surface area contributed by atoms with Crippen LogP contribution in [0, 0.1) is 40.9 Å². The number of aliphatic hydroxyl groups excluding tert-OH is 1. The molecule has 23 heavy (non-hydrogen) atoms. The van der Waals surface area contributed by atoms with Crippen LogP contribution in [0.2, 0.25) is 0 Å². The van der Waals surface area contributed by atoms with Gasteiger partial charge in [0.2, 0.25) is 0 Å². The van der Waals surface area contributed by atoms with Gasteiger partial charge in [-0.05, 0) is 61.9 Å². The highest BCUT2D eigenvalue weighted by molar-refractivity contribution is 5.87. The number of hydrogen-bond acceptors (Lipinski definition) is 2. The van der Waals surface area contributed by atoms with E-state index in [9.17, 15) is 9.90 Å². The summed E-state index contributed by atoms with van der Waals surface area (Å²) in [6, 6.07) is 0. The Morgan fingerprint density at radius 2 is 2.09 bits per heavy atom. The Labute approximate surface area is 139 Å². The summed E-state index contributed by atoms with van der Waals surface area (Å²) in [5, 5.41) is 10.4. The number of allylic oxidation sites excluding steroid dienone is 1. The van der Waals surface area contributed by atoms with Crippen molar-refractivity contribution in [2.45, 2.75) is 58.0 Å². The van der Waals surface area contributed by atoms with E-state index in [1.807, 2.05) is 0 Å². The predicted molar refractivity (Wildman–Crippen MR) is 90.4 cm³/mol. The number of fused-ring (bicyclic) bond motifs is 5. The van der Waals surface area contributed by atoms with Gasteiger partial charge in [-0.2, -0.15) is 0 Å². The molecular formula is C21H26O2. The highest BCUT2D eigenvalue weighted by atomic mass is 16.3. The molecule has 1 N–H and O–H groups in total. The third-order valence-electron chi connectivity index (χ3n) is 7.66. The number of carbonyl (C=O) groups is 1. The zero-order chi connectivity index (χ0) is 16.4. The van der Waals surface area contributed by atoms with Crippen LogP contribution in [-0.4, -0.2) is 17.0 Å². The van der Waals surface area contributed by atoms with E-state index in [0.717, 1.165) is 44.1 Å². The lowest BCUT2D eigenvalue weighted by Crippen LogP contribution is -2.52. The summed E-state index contributed by atoms with van der Waals surface area (Å²) in [4.78, 5) is 12.4. The van der Waals surface area contributed by atoms with Crippen molar-refractivity contribution in [2.75, 3.05) is 0 Å². The lowest BCUT2D eigenvalue weighted by Gasteiger charge is -2.56. The normalized spacial score (nSPS) is 48.8. The maximum atomic E-state index is 12.4. The Kier molecular flexibility index (Phi) is 3.20. The molecule has 0 radical (unpaired) electrons. The van der Waals surface area contributed by atoms with Gasteiger partial charge >= 0.3 is 0 Å². The van der Waals surface area contributed by atoms with Crippen LogP contribution in [0.15, 0.2) is 23.8 Å². The monoisotopic (exact) mass is 310 g/mol. The molecule has 2 heteroatoms. The van der Waals surface area contributed by atoms with E-state index < -0.39 is 6.10 Å². The van der Waals surface area contributed by atoms with Gasteiger partial charge in [-0.3, -0.25) is 4.79 Å². The van der Waals surface area contributed by atoms with Crippen molar-refractivity contribution in [3.8, 4) is 12.3 Å².